The van der Waals surface area contributed by atoms with Crippen LogP contribution in [0.5, 0.6) is 11.5 Å². The monoisotopic (exact) mass is 379 g/mol. The van der Waals surface area contributed by atoms with E-state index in [2.05, 4.69) is 4.74 Å². The molecule has 0 heterocycles. The molecule has 7 nitrogen and oxygen atoms in total. The molecule has 0 saturated heterocycles. The lowest BCUT2D eigenvalue weighted by Gasteiger charge is -2.25. The first-order chi connectivity index (χ1) is 12.4. The Labute approximate surface area is 153 Å². The minimum absolute atomic E-state index is 0.0218. The number of hydrogen-bond donors (Lipinski definition) is 0. The summed E-state index contributed by atoms with van der Waals surface area (Å²) in [6.07, 6.45) is 0. The SMILES string of the molecule is CCOc1ccccc1N(CC(=O)OC)S(=O)(=O)c1ccc(OC)cc1. The molecule has 0 aliphatic heterocycles. The first-order valence-corrected chi connectivity index (χ1v) is 9.33. The fraction of sp³-hybridized carbons (Fsp3) is 0.278. The average Bonchev–Trinajstić information content (AvgIpc) is 2.66. The Morgan fingerprint density at radius 2 is 1.69 bits per heavy atom. The second-order valence-electron chi connectivity index (χ2n) is 5.16. The molecule has 0 atom stereocenters. The average molecular weight is 379 g/mol. The minimum atomic E-state index is -4.03. The van der Waals surface area contributed by atoms with Gasteiger partial charge in [-0.2, -0.15) is 0 Å². The topological polar surface area (TPSA) is 82.1 Å². The number of methoxy groups -OCH3 is 2. The van der Waals surface area contributed by atoms with Crippen molar-refractivity contribution < 1.29 is 27.4 Å². The van der Waals surface area contributed by atoms with Crippen LogP contribution >= 0.6 is 0 Å². The van der Waals surface area contributed by atoms with E-state index in [9.17, 15) is 13.2 Å². The third-order valence-electron chi connectivity index (χ3n) is 3.58. The van der Waals surface area contributed by atoms with Crippen LogP contribution in [-0.2, 0) is 19.6 Å². The van der Waals surface area contributed by atoms with Gasteiger partial charge in [-0.3, -0.25) is 9.10 Å². The van der Waals surface area contributed by atoms with Gasteiger partial charge in [0.1, 0.15) is 18.0 Å². The molecule has 0 radical (unpaired) electrons. The maximum Gasteiger partial charge on any atom is 0.326 e. The van der Waals surface area contributed by atoms with E-state index in [0.717, 1.165) is 4.31 Å². The zero-order valence-corrected chi connectivity index (χ0v) is 15.7. The number of ether oxygens (including phenoxy) is 3. The van der Waals surface area contributed by atoms with Crippen molar-refractivity contribution in [3.63, 3.8) is 0 Å². The van der Waals surface area contributed by atoms with Crippen molar-refractivity contribution in [3.8, 4) is 11.5 Å². The van der Waals surface area contributed by atoms with Crippen molar-refractivity contribution >= 4 is 21.7 Å². The van der Waals surface area contributed by atoms with Gasteiger partial charge in [0.25, 0.3) is 10.0 Å². The first kappa shape index (κ1) is 19.6. The van der Waals surface area contributed by atoms with E-state index >= 15 is 0 Å². The molecule has 0 N–H and O–H groups in total. The number of carbonyl (C=O) groups is 1. The highest BCUT2D eigenvalue weighted by atomic mass is 32.2. The summed E-state index contributed by atoms with van der Waals surface area (Å²) in [5.41, 5.74) is 0.260. The first-order valence-electron chi connectivity index (χ1n) is 7.89. The lowest BCUT2D eigenvalue weighted by molar-refractivity contribution is -0.138. The van der Waals surface area contributed by atoms with Gasteiger partial charge in [0.2, 0.25) is 0 Å². The van der Waals surface area contributed by atoms with Crippen molar-refractivity contribution in [1.82, 2.24) is 0 Å². The van der Waals surface area contributed by atoms with Crippen LogP contribution in [0.1, 0.15) is 6.92 Å². The van der Waals surface area contributed by atoms with Crippen molar-refractivity contribution in [2.24, 2.45) is 0 Å². The fourth-order valence-electron chi connectivity index (χ4n) is 2.30. The van der Waals surface area contributed by atoms with Crippen LogP contribution in [-0.4, -0.2) is 41.8 Å². The molecule has 2 aromatic rings. The highest BCUT2D eigenvalue weighted by Gasteiger charge is 2.29. The Kier molecular flexibility index (Phi) is 6.46. The van der Waals surface area contributed by atoms with Gasteiger partial charge >= 0.3 is 5.97 Å². The Morgan fingerprint density at radius 3 is 2.27 bits per heavy atom. The normalized spacial score (nSPS) is 10.9. The van der Waals surface area contributed by atoms with Crippen LogP contribution in [0.15, 0.2) is 53.4 Å². The Balaban J connectivity index is 2.54. The molecule has 0 aliphatic rings. The van der Waals surface area contributed by atoms with Crippen molar-refractivity contribution in [2.45, 2.75) is 11.8 Å². The van der Waals surface area contributed by atoms with E-state index in [4.69, 9.17) is 9.47 Å². The molecule has 26 heavy (non-hydrogen) atoms. The van der Waals surface area contributed by atoms with Crippen LogP contribution in [0.2, 0.25) is 0 Å². The third-order valence-corrected chi connectivity index (χ3v) is 5.36. The summed E-state index contributed by atoms with van der Waals surface area (Å²) in [5, 5.41) is 0. The number of para-hydroxylation sites is 2. The number of nitrogens with zero attached hydrogens (tertiary/aromatic N) is 1. The number of sulfonamides is 1. The van der Waals surface area contributed by atoms with Crippen LogP contribution in [0.4, 0.5) is 5.69 Å². The van der Waals surface area contributed by atoms with Gasteiger partial charge in [-0.1, -0.05) is 12.1 Å². The number of anilines is 1. The molecule has 0 unspecified atom stereocenters. The van der Waals surface area contributed by atoms with Crippen LogP contribution in [0.25, 0.3) is 0 Å². The van der Waals surface area contributed by atoms with Gasteiger partial charge in [-0.25, -0.2) is 8.42 Å². The van der Waals surface area contributed by atoms with Gasteiger partial charge in [0.15, 0.2) is 0 Å². The van der Waals surface area contributed by atoms with E-state index in [1.54, 1.807) is 31.2 Å². The zero-order chi connectivity index (χ0) is 19.2. The van der Waals surface area contributed by atoms with E-state index in [1.165, 1.54) is 38.5 Å². The van der Waals surface area contributed by atoms with Gasteiger partial charge < -0.3 is 14.2 Å². The van der Waals surface area contributed by atoms with E-state index in [0.29, 0.717) is 18.1 Å². The molecule has 2 rings (SSSR count). The van der Waals surface area contributed by atoms with E-state index < -0.39 is 22.5 Å². The van der Waals surface area contributed by atoms with E-state index in [1.807, 2.05) is 0 Å². The molecule has 0 fully saturated rings. The molecule has 0 bridgehead atoms. The summed E-state index contributed by atoms with van der Waals surface area (Å²) in [5.74, 6) is 0.197. The van der Waals surface area contributed by atoms with Crippen molar-refractivity contribution in [3.05, 3.63) is 48.5 Å². The molecule has 2 aromatic carbocycles. The van der Waals surface area contributed by atoms with Crippen LogP contribution in [0, 0.1) is 0 Å². The highest BCUT2D eigenvalue weighted by molar-refractivity contribution is 7.92. The molecule has 0 saturated carbocycles. The summed E-state index contributed by atoms with van der Waals surface area (Å²) in [6.45, 7) is 1.67. The number of esters is 1. The Bertz CT molecular complexity index is 848. The van der Waals surface area contributed by atoms with Crippen molar-refractivity contribution in [1.29, 1.82) is 0 Å². The number of rotatable bonds is 8. The second kappa shape index (κ2) is 8.57. The molecule has 0 amide bonds. The van der Waals surface area contributed by atoms with Gasteiger partial charge in [-0.05, 0) is 43.3 Å². The smallest absolute Gasteiger partial charge is 0.326 e. The van der Waals surface area contributed by atoms with E-state index in [-0.39, 0.29) is 10.6 Å². The lowest BCUT2D eigenvalue weighted by atomic mass is 10.3. The summed E-state index contributed by atoms with van der Waals surface area (Å²) >= 11 is 0. The summed E-state index contributed by atoms with van der Waals surface area (Å²) < 4.78 is 42.5. The molecule has 0 aliphatic carbocycles. The molecule has 140 valence electrons. The Hall–Kier alpha value is -2.74. The predicted molar refractivity (Wildman–Crippen MR) is 97.2 cm³/mol. The quantitative estimate of drug-likeness (QED) is 0.656. The largest absolute Gasteiger partial charge is 0.497 e. The van der Waals surface area contributed by atoms with Gasteiger partial charge in [0, 0.05) is 0 Å². The molecule has 8 heteroatoms. The highest BCUT2D eigenvalue weighted by Crippen LogP contribution is 2.32. The number of benzene rings is 2. The van der Waals surface area contributed by atoms with Crippen molar-refractivity contribution in [2.75, 3.05) is 31.7 Å². The summed E-state index contributed by atoms with van der Waals surface area (Å²) in [6, 6.07) is 12.5. The standard InChI is InChI=1S/C18H21NO6S/c1-4-25-17-8-6-5-7-16(17)19(13-18(20)24-3)26(21,22)15-11-9-14(23-2)10-12-15/h5-12H,4,13H2,1-3H3. The predicted octanol–water partition coefficient (Wildman–Crippen LogP) is 2.46. The molecule has 0 spiro atoms. The fourth-order valence-corrected chi connectivity index (χ4v) is 3.72. The van der Waals surface area contributed by atoms with Crippen LogP contribution < -0.4 is 13.8 Å². The maximum absolute atomic E-state index is 13.2. The summed E-state index contributed by atoms with van der Waals surface area (Å²) in [4.78, 5) is 11.9. The second-order valence-corrected chi connectivity index (χ2v) is 7.03. The minimum Gasteiger partial charge on any atom is -0.497 e. The third kappa shape index (κ3) is 4.26. The maximum atomic E-state index is 13.2. The number of carbonyl (C=O) groups excluding carboxylic acids is 1. The number of hydrogen-bond acceptors (Lipinski definition) is 6. The lowest BCUT2D eigenvalue weighted by Crippen LogP contribution is -2.36. The zero-order valence-electron chi connectivity index (χ0n) is 14.8. The van der Waals surface area contributed by atoms with Gasteiger partial charge in [-0.15, -0.1) is 0 Å². The van der Waals surface area contributed by atoms with Crippen LogP contribution in [0.3, 0.4) is 0 Å². The molecular weight excluding hydrogens is 358 g/mol. The van der Waals surface area contributed by atoms with Gasteiger partial charge in [0.05, 0.1) is 31.4 Å². The summed E-state index contributed by atoms with van der Waals surface area (Å²) in [7, 11) is -1.33. The Morgan fingerprint density at radius 1 is 1.04 bits per heavy atom. The molecular formula is C18H21NO6S. The molecule has 0 aromatic heterocycles.